The molecule has 0 unspecified atom stereocenters. The van der Waals surface area contributed by atoms with Crippen LogP contribution in [0.1, 0.15) is 23.6 Å². The third kappa shape index (κ3) is 3.08. The summed E-state index contributed by atoms with van der Waals surface area (Å²) in [6.45, 7) is 3.47. The highest BCUT2D eigenvalue weighted by Gasteiger charge is 2.22. The second kappa shape index (κ2) is 6.29. The summed E-state index contributed by atoms with van der Waals surface area (Å²) in [6, 6.07) is 8.48. The highest BCUT2D eigenvalue weighted by Crippen LogP contribution is 2.25. The second-order valence-corrected chi connectivity index (χ2v) is 4.52. The highest BCUT2D eigenvalue weighted by molar-refractivity contribution is 5.36. The van der Waals surface area contributed by atoms with Crippen molar-refractivity contribution in [1.29, 1.82) is 10.5 Å². The van der Waals surface area contributed by atoms with Gasteiger partial charge in [0.1, 0.15) is 11.9 Å². The van der Waals surface area contributed by atoms with Crippen molar-refractivity contribution in [2.45, 2.75) is 12.5 Å². The van der Waals surface area contributed by atoms with Gasteiger partial charge >= 0.3 is 0 Å². The molecule has 0 aliphatic carbocycles. The minimum absolute atomic E-state index is 0.0376. The van der Waals surface area contributed by atoms with E-state index in [4.69, 9.17) is 10.5 Å². The second-order valence-electron chi connectivity index (χ2n) is 4.52. The summed E-state index contributed by atoms with van der Waals surface area (Å²) >= 11 is 0. The maximum absolute atomic E-state index is 13.4. The summed E-state index contributed by atoms with van der Waals surface area (Å²) in [7, 11) is 0. The zero-order chi connectivity index (χ0) is 13.7. The number of halogens is 1. The molecule has 1 aromatic carbocycles. The first kappa shape index (κ1) is 13.5. The molecule has 1 aliphatic heterocycles. The van der Waals surface area contributed by atoms with Crippen molar-refractivity contribution < 1.29 is 4.39 Å². The van der Waals surface area contributed by atoms with E-state index in [0.29, 0.717) is 6.42 Å². The van der Waals surface area contributed by atoms with Crippen LogP contribution in [-0.2, 0) is 0 Å². The van der Waals surface area contributed by atoms with Gasteiger partial charge in [-0.15, -0.1) is 0 Å². The first-order valence-electron chi connectivity index (χ1n) is 6.27. The van der Waals surface area contributed by atoms with Gasteiger partial charge in [-0.3, -0.25) is 4.90 Å². The monoisotopic (exact) mass is 258 g/mol. The van der Waals surface area contributed by atoms with Crippen molar-refractivity contribution >= 4 is 0 Å². The van der Waals surface area contributed by atoms with E-state index >= 15 is 0 Å². The Hall–Kier alpha value is -1.95. The molecule has 0 saturated carbocycles. The fourth-order valence-electron chi connectivity index (χ4n) is 2.37. The van der Waals surface area contributed by atoms with Crippen LogP contribution in [0.25, 0.3) is 0 Å². The average molecular weight is 258 g/mol. The lowest BCUT2D eigenvalue weighted by Crippen LogP contribution is -2.45. The fourth-order valence-corrected chi connectivity index (χ4v) is 2.37. The summed E-state index contributed by atoms with van der Waals surface area (Å²) < 4.78 is 13.4. The number of piperazine rings is 1. The SMILES string of the molecule is N#CC[C@H](c1ccc(F)c(C#N)c1)N1CCNCC1. The molecule has 5 heteroatoms. The molecule has 1 heterocycles. The lowest BCUT2D eigenvalue weighted by atomic mass is 9.99. The van der Waals surface area contributed by atoms with Crippen molar-refractivity contribution in [3.05, 3.63) is 35.1 Å². The Morgan fingerprint density at radius 3 is 2.68 bits per heavy atom. The van der Waals surface area contributed by atoms with E-state index in [9.17, 15) is 4.39 Å². The number of hydrogen-bond donors (Lipinski definition) is 1. The van der Waals surface area contributed by atoms with Gasteiger partial charge in [0.15, 0.2) is 0 Å². The molecule has 4 nitrogen and oxygen atoms in total. The van der Waals surface area contributed by atoms with Gasteiger partial charge in [0.2, 0.25) is 0 Å². The number of nitriles is 2. The van der Waals surface area contributed by atoms with Gasteiger partial charge in [0.05, 0.1) is 18.1 Å². The standard InChI is InChI=1S/C14H15FN4/c15-13-2-1-11(9-12(13)10-17)14(3-4-16)19-7-5-18-6-8-19/h1-2,9,14,18H,3,5-8H2/t14-/m1/s1. The van der Waals surface area contributed by atoms with Crippen LogP contribution in [0.15, 0.2) is 18.2 Å². The van der Waals surface area contributed by atoms with E-state index in [1.165, 1.54) is 6.07 Å². The molecule has 0 aromatic heterocycles. The average Bonchev–Trinajstić information content (AvgIpc) is 2.46. The molecule has 19 heavy (non-hydrogen) atoms. The summed E-state index contributed by atoms with van der Waals surface area (Å²) in [6.07, 6.45) is 0.344. The summed E-state index contributed by atoms with van der Waals surface area (Å²) in [4.78, 5) is 2.20. The Balaban J connectivity index is 2.28. The van der Waals surface area contributed by atoms with Crippen molar-refractivity contribution in [3.8, 4) is 12.1 Å². The quantitative estimate of drug-likeness (QED) is 0.893. The number of rotatable bonds is 3. The van der Waals surface area contributed by atoms with Gasteiger partial charge in [-0.2, -0.15) is 10.5 Å². The normalized spacial score (nSPS) is 17.4. The molecule has 0 radical (unpaired) electrons. The van der Waals surface area contributed by atoms with Crippen LogP contribution >= 0.6 is 0 Å². The Morgan fingerprint density at radius 2 is 2.05 bits per heavy atom. The summed E-state index contributed by atoms with van der Waals surface area (Å²) in [5.41, 5.74) is 0.872. The van der Waals surface area contributed by atoms with E-state index in [0.717, 1.165) is 31.7 Å². The van der Waals surface area contributed by atoms with E-state index in [-0.39, 0.29) is 11.6 Å². The van der Waals surface area contributed by atoms with Crippen LogP contribution in [0.4, 0.5) is 4.39 Å². The minimum atomic E-state index is -0.512. The minimum Gasteiger partial charge on any atom is -0.314 e. The predicted molar refractivity (Wildman–Crippen MR) is 68.5 cm³/mol. The molecule has 2 rings (SSSR count). The Kier molecular flexibility index (Phi) is 4.46. The molecule has 0 spiro atoms. The van der Waals surface area contributed by atoms with Crippen LogP contribution in [-0.4, -0.2) is 31.1 Å². The fraction of sp³-hybridized carbons (Fsp3) is 0.429. The first-order chi connectivity index (χ1) is 9.26. The third-order valence-electron chi connectivity index (χ3n) is 3.37. The number of nitrogens with one attached hydrogen (secondary N) is 1. The zero-order valence-electron chi connectivity index (χ0n) is 10.6. The lowest BCUT2D eigenvalue weighted by molar-refractivity contribution is 0.175. The van der Waals surface area contributed by atoms with Crippen LogP contribution in [0.2, 0.25) is 0 Å². The van der Waals surface area contributed by atoms with Gasteiger partial charge in [-0.25, -0.2) is 4.39 Å². The summed E-state index contributed by atoms with van der Waals surface area (Å²) in [5, 5.41) is 21.1. The number of benzene rings is 1. The van der Waals surface area contributed by atoms with Gasteiger partial charge in [0.25, 0.3) is 0 Å². The zero-order valence-corrected chi connectivity index (χ0v) is 10.6. The number of hydrogen-bond acceptors (Lipinski definition) is 4. The molecule has 1 fully saturated rings. The van der Waals surface area contributed by atoms with Crippen molar-refractivity contribution in [2.75, 3.05) is 26.2 Å². The molecule has 1 N–H and O–H groups in total. The third-order valence-corrected chi connectivity index (χ3v) is 3.37. The number of nitrogens with zero attached hydrogens (tertiary/aromatic N) is 3. The Bertz CT molecular complexity index is 523. The Labute approximate surface area is 112 Å². The van der Waals surface area contributed by atoms with Gasteiger partial charge in [-0.1, -0.05) is 6.07 Å². The van der Waals surface area contributed by atoms with Crippen LogP contribution < -0.4 is 5.32 Å². The highest BCUT2D eigenvalue weighted by atomic mass is 19.1. The maximum atomic E-state index is 13.4. The van der Waals surface area contributed by atoms with Crippen molar-refractivity contribution in [1.82, 2.24) is 10.2 Å². The molecule has 98 valence electrons. The predicted octanol–water partition coefficient (Wildman–Crippen LogP) is 1.56. The molecular weight excluding hydrogens is 243 g/mol. The van der Waals surface area contributed by atoms with Crippen LogP contribution in [0, 0.1) is 28.5 Å². The van der Waals surface area contributed by atoms with E-state index in [1.807, 2.05) is 6.07 Å². The van der Waals surface area contributed by atoms with E-state index in [1.54, 1.807) is 12.1 Å². The first-order valence-corrected chi connectivity index (χ1v) is 6.27. The molecule has 1 aliphatic rings. The molecule has 1 atom stereocenters. The summed E-state index contributed by atoms with van der Waals surface area (Å²) in [5.74, 6) is -0.512. The largest absolute Gasteiger partial charge is 0.314 e. The van der Waals surface area contributed by atoms with Crippen molar-refractivity contribution in [3.63, 3.8) is 0 Å². The molecule has 0 bridgehead atoms. The van der Waals surface area contributed by atoms with Crippen LogP contribution in [0.3, 0.4) is 0 Å². The maximum Gasteiger partial charge on any atom is 0.140 e. The molecule has 1 aromatic rings. The molecule has 1 saturated heterocycles. The Morgan fingerprint density at radius 1 is 1.32 bits per heavy atom. The van der Waals surface area contributed by atoms with Gasteiger partial charge in [-0.05, 0) is 17.7 Å². The van der Waals surface area contributed by atoms with Crippen LogP contribution in [0.5, 0.6) is 0 Å². The van der Waals surface area contributed by atoms with Crippen molar-refractivity contribution in [2.24, 2.45) is 0 Å². The smallest absolute Gasteiger partial charge is 0.140 e. The topological polar surface area (TPSA) is 62.9 Å². The van der Waals surface area contributed by atoms with Gasteiger partial charge < -0.3 is 5.32 Å². The molecular formula is C14H15FN4. The molecule has 0 amide bonds. The lowest BCUT2D eigenvalue weighted by Gasteiger charge is -2.34. The van der Waals surface area contributed by atoms with E-state index < -0.39 is 5.82 Å². The van der Waals surface area contributed by atoms with E-state index in [2.05, 4.69) is 16.3 Å². The van der Waals surface area contributed by atoms with Gasteiger partial charge in [0, 0.05) is 32.2 Å².